The van der Waals surface area contributed by atoms with Gasteiger partial charge in [-0.2, -0.15) is 0 Å². The summed E-state index contributed by atoms with van der Waals surface area (Å²) in [4.78, 5) is 11.9. The van der Waals surface area contributed by atoms with Crippen molar-refractivity contribution >= 4 is 38.3 Å². The van der Waals surface area contributed by atoms with Gasteiger partial charge in [0, 0.05) is 10.8 Å². The average Bonchev–Trinajstić information content (AvgIpc) is 2.78. The Labute approximate surface area is 171 Å². The first-order chi connectivity index (χ1) is 14.5. The number of aliphatic hydroxyl groups excluding tert-OH is 3. The highest BCUT2D eigenvalue weighted by molar-refractivity contribution is 6.24. The third-order valence-electron chi connectivity index (χ3n) is 5.73. The molecule has 5 atom stereocenters. The van der Waals surface area contributed by atoms with E-state index in [0.717, 1.165) is 39.4 Å². The van der Waals surface area contributed by atoms with E-state index in [1.54, 1.807) is 6.07 Å². The molecule has 0 bridgehead atoms. The molecule has 154 valence electrons. The van der Waals surface area contributed by atoms with Gasteiger partial charge in [-0.3, -0.25) is 0 Å². The molecule has 3 N–H and O–H groups in total. The van der Waals surface area contributed by atoms with Crippen LogP contribution in [-0.4, -0.2) is 59.1 Å². The maximum Gasteiger partial charge on any atom is 0.337 e. The van der Waals surface area contributed by atoms with Crippen molar-refractivity contribution in [3.8, 4) is 5.75 Å². The van der Waals surface area contributed by atoms with Crippen LogP contribution in [0.2, 0.25) is 0 Å². The van der Waals surface area contributed by atoms with Crippen LogP contribution in [-0.2, 0) is 14.3 Å². The van der Waals surface area contributed by atoms with Crippen molar-refractivity contribution in [2.24, 2.45) is 0 Å². The SMILES string of the molecule is COC(=O)C1O[C@@H](Oc2ccc3ccc4cccc5ccc2c3c45)C(O)C(O)[C@@H]1O. The van der Waals surface area contributed by atoms with Crippen LogP contribution >= 0.6 is 0 Å². The minimum Gasteiger partial charge on any atom is -0.467 e. The van der Waals surface area contributed by atoms with Gasteiger partial charge in [0.15, 0.2) is 6.10 Å². The van der Waals surface area contributed by atoms with E-state index < -0.39 is 36.7 Å². The lowest BCUT2D eigenvalue weighted by Gasteiger charge is -2.39. The second kappa shape index (κ2) is 7.07. The maximum atomic E-state index is 11.9. The van der Waals surface area contributed by atoms with Gasteiger partial charge < -0.3 is 29.5 Å². The van der Waals surface area contributed by atoms with Crippen molar-refractivity contribution < 1.29 is 34.3 Å². The number of benzene rings is 4. The molecule has 4 aromatic carbocycles. The molecule has 0 aromatic heterocycles. The molecule has 3 unspecified atom stereocenters. The maximum absolute atomic E-state index is 11.9. The Hall–Kier alpha value is -2.97. The molecular formula is C23H20O7. The number of methoxy groups -OCH3 is 1. The molecular weight excluding hydrogens is 388 g/mol. The van der Waals surface area contributed by atoms with Gasteiger partial charge in [0.25, 0.3) is 0 Å². The van der Waals surface area contributed by atoms with Gasteiger partial charge in [0.1, 0.15) is 24.1 Å². The normalized spacial score (nSPS) is 27.0. The zero-order chi connectivity index (χ0) is 21.0. The standard InChI is InChI=1S/C23H20O7/c1-28-22(27)21-19(25)18(24)20(26)23(30-21)29-15-10-8-13-6-5-11-3-2-4-12-7-9-14(15)17(13)16(11)12/h2-10,18-21,23-26H,1H3/t18?,19-,20?,21?,23+/m0/s1. The van der Waals surface area contributed by atoms with Gasteiger partial charge in [-0.25, -0.2) is 4.79 Å². The Balaban J connectivity index is 1.59. The second-order valence-corrected chi connectivity index (χ2v) is 7.46. The summed E-state index contributed by atoms with van der Waals surface area (Å²) in [5.41, 5.74) is 0. The summed E-state index contributed by atoms with van der Waals surface area (Å²) in [7, 11) is 1.15. The van der Waals surface area contributed by atoms with Gasteiger partial charge >= 0.3 is 5.97 Å². The topological polar surface area (TPSA) is 105 Å². The van der Waals surface area contributed by atoms with Crippen LogP contribution in [0.1, 0.15) is 0 Å². The summed E-state index contributed by atoms with van der Waals surface area (Å²) in [6.45, 7) is 0. The second-order valence-electron chi connectivity index (χ2n) is 7.46. The van der Waals surface area contributed by atoms with Crippen molar-refractivity contribution in [1.29, 1.82) is 0 Å². The van der Waals surface area contributed by atoms with Crippen LogP contribution in [0.25, 0.3) is 32.3 Å². The third kappa shape index (κ3) is 2.79. The number of esters is 1. The largest absolute Gasteiger partial charge is 0.467 e. The number of hydrogen-bond donors (Lipinski definition) is 3. The van der Waals surface area contributed by atoms with E-state index in [4.69, 9.17) is 9.47 Å². The highest BCUT2D eigenvalue weighted by atomic mass is 16.7. The molecule has 1 saturated heterocycles. The van der Waals surface area contributed by atoms with Gasteiger partial charge in [0.05, 0.1) is 7.11 Å². The molecule has 7 nitrogen and oxygen atoms in total. The number of carbonyl (C=O) groups is 1. The van der Waals surface area contributed by atoms with Crippen LogP contribution in [0.15, 0.2) is 54.6 Å². The van der Waals surface area contributed by atoms with Crippen molar-refractivity contribution in [2.75, 3.05) is 7.11 Å². The average molecular weight is 408 g/mol. The van der Waals surface area contributed by atoms with E-state index in [1.165, 1.54) is 0 Å². The molecule has 4 aromatic rings. The lowest BCUT2D eigenvalue weighted by Crippen LogP contribution is -2.61. The molecule has 30 heavy (non-hydrogen) atoms. The van der Waals surface area contributed by atoms with Crippen LogP contribution < -0.4 is 4.74 Å². The molecule has 5 rings (SSSR count). The van der Waals surface area contributed by atoms with Crippen LogP contribution in [0.4, 0.5) is 0 Å². The van der Waals surface area contributed by atoms with Crippen LogP contribution in [0.5, 0.6) is 5.75 Å². The van der Waals surface area contributed by atoms with E-state index >= 15 is 0 Å². The number of hydrogen-bond acceptors (Lipinski definition) is 7. The van der Waals surface area contributed by atoms with Gasteiger partial charge in [-0.1, -0.05) is 42.5 Å². The summed E-state index contributed by atoms with van der Waals surface area (Å²) in [6, 6.07) is 17.8. The van der Waals surface area contributed by atoms with E-state index in [2.05, 4.69) is 10.8 Å². The summed E-state index contributed by atoms with van der Waals surface area (Å²) >= 11 is 0. The highest BCUT2D eigenvalue weighted by Gasteiger charge is 2.48. The molecule has 7 heteroatoms. The predicted octanol–water partition coefficient (Wildman–Crippen LogP) is 1.94. The van der Waals surface area contributed by atoms with Gasteiger partial charge in [-0.15, -0.1) is 0 Å². The van der Waals surface area contributed by atoms with E-state index in [9.17, 15) is 20.1 Å². The first-order valence-corrected chi connectivity index (χ1v) is 9.60. The number of ether oxygens (including phenoxy) is 3. The molecule has 0 amide bonds. The van der Waals surface area contributed by atoms with Gasteiger partial charge in [0.2, 0.25) is 6.29 Å². The Kier molecular flexibility index (Phi) is 4.48. The zero-order valence-electron chi connectivity index (χ0n) is 16.1. The molecule has 0 radical (unpaired) electrons. The monoisotopic (exact) mass is 408 g/mol. The molecule has 1 heterocycles. The fourth-order valence-electron chi connectivity index (χ4n) is 4.19. The van der Waals surface area contributed by atoms with Crippen LogP contribution in [0, 0.1) is 0 Å². The minimum atomic E-state index is -1.63. The Morgan fingerprint density at radius 3 is 2.17 bits per heavy atom. The van der Waals surface area contributed by atoms with Crippen molar-refractivity contribution in [3.05, 3.63) is 54.6 Å². The van der Waals surface area contributed by atoms with Crippen molar-refractivity contribution in [3.63, 3.8) is 0 Å². The lowest BCUT2D eigenvalue weighted by molar-refractivity contribution is -0.271. The number of aliphatic hydroxyl groups is 3. The summed E-state index contributed by atoms with van der Waals surface area (Å²) in [5, 5.41) is 36.8. The van der Waals surface area contributed by atoms with E-state index in [0.29, 0.717) is 5.75 Å². The summed E-state index contributed by atoms with van der Waals surface area (Å²) in [6.07, 6.45) is -7.66. The molecule has 1 aliphatic heterocycles. The summed E-state index contributed by atoms with van der Waals surface area (Å²) < 4.78 is 16.0. The molecule has 0 spiro atoms. The Bertz CT molecular complexity index is 1220. The van der Waals surface area contributed by atoms with Gasteiger partial charge in [-0.05, 0) is 33.7 Å². The lowest BCUT2D eigenvalue weighted by atomic mass is 9.94. The highest BCUT2D eigenvalue weighted by Crippen LogP contribution is 2.39. The number of carbonyl (C=O) groups excluding carboxylic acids is 1. The quantitative estimate of drug-likeness (QED) is 0.351. The van der Waals surface area contributed by atoms with Crippen molar-refractivity contribution in [1.82, 2.24) is 0 Å². The number of rotatable bonds is 3. The first-order valence-electron chi connectivity index (χ1n) is 9.60. The van der Waals surface area contributed by atoms with Crippen LogP contribution in [0.3, 0.4) is 0 Å². The predicted molar refractivity (Wildman–Crippen MR) is 109 cm³/mol. The molecule has 0 aliphatic carbocycles. The minimum absolute atomic E-state index is 0.428. The van der Waals surface area contributed by atoms with E-state index in [1.807, 2.05) is 42.5 Å². The van der Waals surface area contributed by atoms with E-state index in [-0.39, 0.29) is 0 Å². The fraction of sp³-hybridized carbons (Fsp3) is 0.261. The summed E-state index contributed by atoms with van der Waals surface area (Å²) in [5.74, 6) is -0.436. The Morgan fingerprint density at radius 1 is 0.833 bits per heavy atom. The smallest absolute Gasteiger partial charge is 0.337 e. The van der Waals surface area contributed by atoms with Crippen molar-refractivity contribution in [2.45, 2.75) is 30.7 Å². The molecule has 1 aliphatic rings. The zero-order valence-corrected chi connectivity index (χ0v) is 16.1. The first kappa shape index (κ1) is 19.0. The Morgan fingerprint density at radius 2 is 1.47 bits per heavy atom. The fourth-order valence-corrected chi connectivity index (χ4v) is 4.19. The molecule has 0 saturated carbocycles. The third-order valence-corrected chi connectivity index (χ3v) is 5.73. The molecule has 1 fully saturated rings.